The first-order chi connectivity index (χ1) is 13.9. The number of carbonyl (C=O) groups is 2. The van der Waals surface area contributed by atoms with E-state index in [0.717, 1.165) is 50.3 Å². The highest BCUT2D eigenvalue weighted by Gasteiger charge is 2.22. The van der Waals surface area contributed by atoms with Gasteiger partial charge in [-0.2, -0.15) is 0 Å². The lowest BCUT2D eigenvalue weighted by Gasteiger charge is -2.25. The van der Waals surface area contributed by atoms with Crippen molar-refractivity contribution in [3.8, 4) is 0 Å². The first-order valence-corrected chi connectivity index (χ1v) is 9.60. The molecule has 1 heterocycles. The number of benzene rings is 1. The second-order valence-corrected chi connectivity index (χ2v) is 7.19. The number of nitrogens with zero attached hydrogens (tertiary/aromatic N) is 1. The molecular weight excluding hydrogens is 380 g/mol. The number of hydrogen-bond donors (Lipinski definition) is 2. The maximum atomic E-state index is 13.3. The number of nitrogens with one attached hydrogen (secondary N) is 2. The predicted molar refractivity (Wildman–Crippen MR) is 104 cm³/mol. The van der Waals surface area contributed by atoms with Crippen molar-refractivity contribution in [1.29, 1.82) is 0 Å². The van der Waals surface area contributed by atoms with Gasteiger partial charge in [0, 0.05) is 38.1 Å². The summed E-state index contributed by atoms with van der Waals surface area (Å²) in [5, 5.41) is 4.93. The highest BCUT2D eigenvalue weighted by Crippen LogP contribution is 2.28. The molecule has 0 spiro atoms. The SMILES string of the molecule is CNC(=O)c1cn(C2CCCCC2)cc(C(=O)NCc2cc(F)cc(F)c2)c1=O. The van der Waals surface area contributed by atoms with E-state index in [1.807, 2.05) is 0 Å². The molecule has 1 saturated carbocycles. The maximum Gasteiger partial charge on any atom is 0.257 e. The van der Waals surface area contributed by atoms with E-state index in [9.17, 15) is 23.2 Å². The van der Waals surface area contributed by atoms with Gasteiger partial charge in [0.1, 0.15) is 22.8 Å². The molecule has 3 rings (SSSR count). The van der Waals surface area contributed by atoms with Gasteiger partial charge in [-0.25, -0.2) is 8.78 Å². The van der Waals surface area contributed by atoms with Gasteiger partial charge in [-0.15, -0.1) is 0 Å². The van der Waals surface area contributed by atoms with Crippen LogP contribution in [0.15, 0.2) is 35.4 Å². The van der Waals surface area contributed by atoms with Crippen LogP contribution in [-0.4, -0.2) is 23.4 Å². The summed E-state index contributed by atoms with van der Waals surface area (Å²) in [6.45, 7) is -0.152. The van der Waals surface area contributed by atoms with E-state index in [2.05, 4.69) is 10.6 Å². The fraction of sp³-hybridized carbons (Fsp3) is 0.381. The van der Waals surface area contributed by atoms with Crippen molar-refractivity contribution in [3.63, 3.8) is 0 Å². The van der Waals surface area contributed by atoms with Crippen LogP contribution in [-0.2, 0) is 6.54 Å². The van der Waals surface area contributed by atoms with Gasteiger partial charge in [0.15, 0.2) is 0 Å². The second kappa shape index (κ2) is 8.98. The largest absolute Gasteiger partial charge is 0.355 e. The molecular formula is C21H23F2N3O3. The summed E-state index contributed by atoms with van der Waals surface area (Å²) in [4.78, 5) is 37.5. The molecule has 8 heteroatoms. The van der Waals surface area contributed by atoms with Crippen molar-refractivity contribution >= 4 is 11.8 Å². The Morgan fingerprint density at radius 1 is 1.00 bits per heavy atom. The number of carbonyl (C=O) groups excluding carboxylic acids is 2. The van der Waals surface area contributed by atoms with Crippen LogP contribution in [0.25, 0.3) is 0 Å². The van der Waals surface area contributed by atoms with Crippen LogP contribution >= 0.6 is 0 Å². The molecule has 0 radical (unpaired) electrons. The topological polar surface area (TPSA) is 80.2 Å². The molecule has 0 aliphatic heterocycles. The van der Waals surface area contributed by atoms with Crippen LogP contribution in [0.5, 0.6) is 0 Å². The fourth-order valence-electron chi connectivity index (χ4n) is 3.64. The minimum absolute atomic E-state index is 0.108. The summed E-state index contributed by atoms with van der Waals surface area (Å²) in [6.07, 6.45) is 7.98. The number of pyridine rings is 1. The Labute approximate surface area is 166 Å². The Morgan fingerprint density at radius 3 is 2.17 bits per heavy atom. The molecule has 0 saturated heterocycles. The summed E-state index contributed by atoms with van der Waals surface area (Å²) >= 11 is 0. The molecule has 0 unspecified atom stereocenters. The normalized spacial score (nSPS) is 14.4. The molecule has 0 bridgehead atoms. The highest BCUT2D eigenvalue weighted by atomic mass is 19.1. The third-order valence-corrected chi connectivity index (χ3v) is 5.13. The van der Waals surface area contributed by atoms with E-state index in [1.54, 1.807) is 4.57 Å². The highest BCUT2D eigenvalue weighted by molar-refractivity contribution is 5.99. The van der Waals surface area contributed by atoms with Gasteiger partial charge >= 0.3 is 0 Å². The van der Waals surface area contributed by atoms with Crippen LogP contribution in [0.1, 0.15) is 64.4 Å². The number of hydrogen-bond acceptors (Lipinski definition) is 3. The van der Waals surface area contributed by atoms with E-state index < -0.39 is 28.9 Å². The first-order valence-electron chi connectivity index (χ1n) is 9.60. The van der Waals surface area contributed by atoms with Crippen molar-refractivity contribution in [2.45, 2.75) is 44.7 Å². The first kappa shape index (κ1) is 20.7. The molecule has 154 valence electrons. The van der Waals surface area contributed by atoms with Crippen LogP contribution in [0.2, 0.25) is 0 Å². The lowest BCUT2D eigenvalue weighted by Crippen LogP contribution is -2.35. The Morgan fingerprint density at radius 2 is 1.59 bits per heavy atom. The predicted octanol–water partition coefficient (Wildman–Crippen LogP) is 2.92. The molecule has 6 nitrogen and oxygen atoms in total. The Balaban J connectivity index is 1.90. The van der Waals surface area contributed by atoms with Gasteiger partial charge in [-0.3, -0.25) is 14.4 Å². The number of aromatic nitrogens is 1. The lowest BCUT2D eigenvalue weighted by atomic mass is 9.95. The summed E-state index contributed by atoms with van der Waals surface area (Å²) in [6, 6.07) is 3.05. The molecule has 1 aliphatic rings. The average molecular weight is 403 g/mol. The minimum Gasteiger partial charge on any atom is -0.355 e. The fourth-order valence-corrected chi connectivity index (χ4v) is 3.64. The molecule has 2 N–H and O–H groups in total. The summed E-state index contributed by atoms with van der Waals surface area (Å²) < 4.78 is 28.4. The van der Waals surface area contributed by atoms with Gasteiger partial charge in [0.2, 0.25) is 5.43 Å². The maximum absolute atomic E-state index is 13.3. The van der Waals surface area contributed by atoms with E-state index in [4.69, 9.17) is 0 Å². The zero-order valence-electron chi connectivity index (χ0n) is 16.1. The number of amides is 2. The quantitative estimate of drug-likeness (QED) is 0.806. The van der Waals surface area contributed by atoms with Crippen molar-refractivity contribution in [1.82, 2.24) is 15.2 Å². The van der Waals surface area contributed by atoms with E-state index in [-0.39, 0.29) is 29.3 Å². The van der Waals surface area contributed by atoms with Crippen LogP contribution < -0.4 is 16.1 Å². The van der Waals surface area contributed by atoms with Gasteiger partial charge < -0.3 is 15.2 Å². The molecule has 1 aromatic carbocycles. The van der Waals surface area contributed by atoms with Crippen molar-refractivity contribution in [3.05, 3.63) is 69.1 Å². The average Bonchev–Trinajstić information content (AvgIpc) is 2.71. The van der Waals surface area contributed by atoms with Crippen LogP contribution in [0.3, 0.4) is 0 Å². The lowest BCUT2D eigenvalue weighted by molar-refractivity contribution is 0.0948. The van der Waals surface area contributed by atoms with Crippen LogP contribution in [0.4, 0.5) is 8.78 Å². The van der Waals surface area contributed by atoms with Crippen LogP contribution in [0, 0.1) is 11.6 Å². The zero-order valence-corrected chi connectivity index (χ0v) is 16.1. The van der Waals surface area contributed by atoms with Gasteiger partial charge in [-0.1, -0.05) is 19.3 Å². The third kappa shape index (κ3) is 4.88. The van der Waals surface area contributed by atoms with Crippen molar-refractivity contribution in [2.75, 3.05) is 7.05 Å². The molecule has 2 aromatic rings. The number of halogens is 2. The van der Waals surface area contributed by atoms with E-state index >= 15 is 0 Å². The van der Waals surface area contributed by atoms with Gasteiger partial charge in [0.05, 0.1) is 0 Å². The summed E-state index contributed by atoms with van der Waals surface area (Å²) in [5.41, 5.74) is -0.735. The smallest absolute Gasteiger partial charge is 0.257 e. The standard InChI is InChI=1S/C21H23F2N3O3/c1-24-20(28)17-11-26(16-5-3-2-4-6-16)12-18(19(17)27)21(29)25-10-13-7-14(22)9-15(23)8-13/h7-9,11-12,16H,2-6,10H2,1H3,(H,24,28)(H,25,29). The van der Waals surface area contributed by atoms with E-state index in [0.29, 0.717) is 0 Å². The molecule has 1 aliphatic carbocycles. The molecule has 0 atom stereocenters. The second-order valence-electron chi connectivity index (χ2n) is 7.19. The Bertz CT molecular complexity index is 961. The van der Waals surface area contributed by atoms with Gasteiger partial charge in [-0.05, 0) is 30.5 Å². The zero-order chi connectivity index (χ0) is 21.0. The molecule has 1 fully saturated rings. The Kier molecular flexibility index (Phi) is 6.41. The molecule has 2 amide bonds. The third-order valence-electron chi connectivity index (χ3n) is 5.13. The molecule has 1 aromatic heterocycles. The van der Waals surface area contributed by atoms with E-state index in [1.165, 1.54) is 19.4 Å². The summed E-state index contributed by atoms with van der Waals surface area (Å²) in [7, 11) is 1.41. The monoisotopic (exact) mass is 403 g/mol. The minimum atomic E-state index is -0.754. The summed E-state index contributed by atoms with van der Waals surface area (Å²) in [5.74, 6) is -2.78. The Hall–Kier alpha value is -3.03. The molecule has 29 heavy (non-hydrogen) atoms. The number of rotatable bonds is 5. The van der Waals surface area contributed by atoms with Crippen molar-refractivity contribution < 1.29 is 18.4 Å². The van der Waals surface area contributed by atoms with Gasteiger partial charge in [0.25, 0.3) is 11.8 Å². The van der Waals surface area contributed by atoms with Crippen molar-refractivity contribution in [2.24, 2.45) is 0 Å².